The number of benzene rings is 3. The third-order valence-corrected chi connectivity index (χ3v) is 4.90. The molecule has 0 radical (unpaired) electrons. The highest BCUT2D eigenvalue weighted by Crippen LogP contribution is 2.33. The number of para-hydroxylation sites is 2. The SMILES string of the molecule is C[C@@H]1C(=O)Nc2ccc(C(=O)COC(=O)c3ccccc3Oc3ccccc3)cc21. The van der Waals surface area contributed by atoms with Gasteiger partial charge in [0.25, 0.3) is 0 Å². The number of fused-ring (bicyclic) bond motifs is 1. The average molecular weight is 401 g/mol. The van der Waals surface area contributed by atoms with Gasteiger partial charge in [0.1, 0.15) is 17.1 Å². The summed E-state index contributed by atoms with van der Waals surface area (Å²) in [6, 6.07) is 20.7. The molecule has 0 saturated carbocycles. The Labute approximate surface area is 173 Å². The van der Waals surface area contributed by atoms with Gasteiger partial charge >= 0.3 is 5.97 Å². The molecule has 0 spiro atoms. The van der Waals surface area contributed by atoms with Crippen molar-refractivity contribution in [3.05, 3.63) is 89.5 Å². The van der Waals surface area contributed by atoms with Gasteiger partial charge in [-0.05, 0) is 55.0 Å². The molecule has 0 bridgehead atoms. The number of rotatable bonds is 6. The zero-order chi connectivity index (χ0) is 21.1. The molecule has 6 heteroatoms. The normalized spacial score (nSPS) is 14.6. The van der Waals surface area contributed by atoms with Crippen molar-refractivity contribution in [3.8, 4) is 11.5 Å². The standard InChI is InChI=1S/C24H19NO5/c1-15-19-13-16(11-12-20(19)25-23(15)27)21(26)14-29-24(28)18-9-5-6-10-22(18)30-17-7-3-2-4-8-17/h2-13,15H,14H2,1H3,(H,25,27)/t15-/m0/s1. The van der Waals surface area contributed by atoms with Gasteiger partial charge in [-0.25, -0.2) is 4.79 Å². The number of esters is 1. The summed E-state index contributed by atoms with van der Waals surface area (Å²) in [5.41, 5.74) is 2.08. The second-order valence-electron chi connectivity index (χ2n) is 6.92. The van der Waals surface area contributed by atoms with E-state index in [-0.39, 0.29) is 23.2 Å². The summed E-state index contributed by atoms with van der Waals surface area (Å²) in [5, 5.41) is 2.76. The third-order valence-electron chi connectivity index (χ3n) is 4.90. The van der Waals surface area contributed by atoms with E-state index >= 15 is 0 Å². The molecule has 1 atom stereocenters. The molecular weight excluding hydrogens is 382 g/mol. The van der Waals surface area contributed by atoms with Crippen LogP contribution in [0.2, 0.25) is 0 Å². The molecule has 1 amide bonds. The van der Waals surface area contributed by atoms with E-state index in [9.17, 15) is 14.4 Å². The molecule has 3 aromatic rings. The lowest BCUT2D eigenvalue weighted by atomic mass is 9.99. The lowest BCUT2D eigenvalue weighted by Gasteiger charge is -2.11. The molecule has 6 nitrogen and oxygen atoms in total. The van der Waals surface area contributed by atoms with Crippen molar-refractivity contribution in [2.45, 2.75) is 12.8 Å². The van der Waals surface area contributed by atoms with E-state index in [1.807, 2.05) is 18.2 Å². The topological polar surface area (TPSA) is 81.7 Å². The first kappa shape index (κ1) is 19.4. The second-order valence-corrected chi connectivity index (χ2v) is 6.92. The number of Topliss-reactive ketones (excluding diaryl/α,β-unsaturated/α-hetero) is 1. The van der Waals surface area contributed by atoms with Crippen molar-refractivity contribution in [1.29, 1.82) is 0 Å². The number of hydrogen-bond donors (Lipinski definition) is 1. The molecule has 1 aliphatic heterocycles. The van der Waals surface area contributed by atoms with Crippen LogP contribution < -0.4 is 10.1 Å². The molecule has 0 saturated heterocycles. The highest BCUT2D eigenvalue weighted by Gasteiger charge is 2.27. The van der Waals surface area contributed by atoms with Crippen LogP contribution >= 0.6 is 0 Å². The summed E-state index contributed by atoms with van der Waals surface area (Å²) in [7, 11) is 0. The van der Waals surface area contributed by atoms with E-state index in [1.54, 1.807) is 61.5 Å². The first-order valence-electron chi connectivity index (χ1n) is 9.50. The Morgan fingerprint density at radius 1 is 0.967 bits per heavy atom. The zero-order valence-corrected chi connectivity index (χ0v) is 16.3. The minimum atomic E-state index is -0.652. The lowest BCUT2D eigenvalue weighted by Crippen LogP contribution is -2.15. The predicted octanol–water partition coefficient (Wildman–Crippen LogP) is 4.57. The number of nitrogens with one attached hydrogen (secondary N) is 1. The smallest absolute Gasteiger partial charge is 0.342 e. The summed E-state index contributed by atoms with van der Waals surface area (Å²) in [6.45, 7) is 1.37. The van der Waals surface area contributed by atoms with E-state index in [0.29, 0.717) is 22.7 Å². The maximum absolute atomic E-state index is 12.6. The Morgan fingerprint density at radius 2 is 1.70 bits per heavy atom. The van der Waals surface area contributed by atoms with Gasteiger partial charge in [-0.2, -0.15) is 0 Å². The number of hydrogen-bond acceptors (Lipinski definition) is 5. The van der Waals surface area contributed by atoms with E-state index in [1.165, 1.54) is 0 Å². The average Bonchev–Trinajstić information content (AvgIpc) is 3.06. The van der Waals surface area contributed by atoms with Crippen molar-refractivity contribution < 1.29 is 23.9 Å². The number of ether oxygens (including phenoxy) is 2. The number of ketones is 1. The van der Waals surface area contributed by atoms with Crippen LogP contribution in [-0.2, 0) is 9.53 Å². The van der Waals surface area contributed by atoms with Gasteiger partial charge in [0, 0.05) is 11.3 Å². The van der Waals surface area contributed by atoms with Gasteiger partial charge in [-0.3, -0.25) is 9.59 Å². The quantitative estimate of drug-likeness (QED) is 0.483. The molecule has 30 heavy (non-hydrogen) atoms. The number of anilines is 1. The third kappa shape index (κ3) is 3.93. The van der Waals surface area contributed by atoms with Gasteiger partial charge in [-0.1, -0.05) is 30.3 Å². The molecule has 0 unspecified atom stereocenters. The van der Waals surface area contributed by atoms with E-state index in [2.05, 4.69) is 5.32 Å². The molecule has 0 aromatic heterocycles. The van der Waals surface area contributed by atoms with E-state index in [4.69, 9.17) is 9.47 Å². The number of carbonyl (C=O) groups excluding carboxylic acids is 3. The summed E-state index contributed by atoms with van der Waals surface area (Å²) in [4.78, 5) is 36.9. The van der Waals surface area contributed by atoms with Crippen molar-refractivity contribution in [1.82, 2.24) is 0 Å². The van der Waals surface area contributed by atoms with Crippen LogP contribution in [0.4, 0.5) is 5.69 Å². The van der Waals surface area contributed by atoms with Crippen molar-refractivity contribution in [2.75, 3.05) is 11.9 Å². The molecular formula is C24H19NO5. The van der Waals surface area contributed by atoms with Crippen molar-refractivity contribution >= 4 is 23.3 Å². The van der Waals surface area contributed by atoms with Crippen molar-refractivity contribution in [3.63, 3.8) is 0 Å². The fourth-order valence-electron chi connectivity index (χ4n) is 3.22. The predicted molar refractivity (Wildman–Crippen MR) is 111 cm³/mol. The second kappa shape index (κ2) is 8.21. The Morgan fingerprint density at radius 3 is 2.50 bits per heavy atom. The van der Waals surface area contributed by atoms with Gasteiger partial charge < -0.3 is 14.8 Å². The number of amides is 1. The Balaban J connectivity index is 1.44. The molecule has 1 aliphatic rings. The van der Waals surface area contributed by atoms with Gasteiger partial charge in [0.2, 0.25) is 5.91 Å². The molecule has 0 aliphatic carbocycles. The molecule has 3 aromatic carbocycles. The molecule has 4 rings (SSSR count). The summed E-state index contributed by atoms with van der Waals surface area (Å²) in [6.07, 6.45) is 0. The van der Waals surface area contributed by atoms with Crippen LogP contribution in [0, 0.1) is 0 Å². The lowest BCUT2D eigenvalue weighted by molar-refractivity contribution is -0.116. The largest absolute Gasteiger partial charge is 0.456 e. The van der Waals surface area contributed by atoms with E-state index in [0.717, 1.165) is 5.56 Å². The highest BCUT2D eigenvalue weighted by atomic mass is 16.5. The van der Waals surface area contributed by atoms with Crippen LogP contribution in [0.25, 0.3) is 0 Å². The van der Waals surface area contributed by atoms with Crippen LogP contribution in [0.1, 0.15) is 39.1 Å². The fraction of sp³-hybridized carbons (Fsp3) is 0.125. The fourth-order valence-corrected chi connectivity index (χ4v) is 3.22. The summed E-state index contributed by atoms with van der Waals surface area (Å²) >= 11 is 0. The van der Waals surface area contributed by atoms with Gasteiger partial charge in [0.05, 0.1) is 5.92 Å². The first-order valence-corrected chi connectivity index (χ1v) is 9.50. The first-order chi connectivity index (χ1) is 14.5. The highest BCUT2D eigenvalue weighted by molar-refractivity contribution is 6.05. The van der Waals surface area contributed by atoms with Crippen molar-refractivity contribution in [2.24, 2.45) is 0 Å². The van der Waals surface area contributed by atoms with E-state index < -0.39 is 12.6 Å². The van der Waals surface area contributed by atoms with Crippen LogP contribution in [-0.4, -0.2) is 24.3 Å². The minimum absolute atomic E-state index is 0.101. The summed E-state index contributed by atoms with van der Waals surface area (Å²) < 4.78 is 11.0. The summed E-state index contributed by atoms with van der Waals surface area (Å²) in [5.74, 6) is -0.491. The van der Waals surface area contributed by atoms with Gasteiger partial charge in [-0.15, -0.1) is 0 Å². The minimum Gasteiger partial charge on any atom is -0.456 e. The Bertz CT molecular complexity index is 1120. The Kier molecular flexibility index (Phi) is 5.30. The molecule has 0 fully saturated rings. The zero-order valence-electron chi connectivity index (χ0n) is 16.3. The maximum atomic E-state index is 12.6. The number of carbonyl (C=O) groups is 3. The molecule has 150 valence electrons. The molecule has 1 N–H and O–H groups in total. The molecule has 1 heterocycles. The van der Waals surface area contributed by atoms with Crippen LogP contribution in [0.5, 0.6) is 11.5 Å². The maximum Gasteiger partial charge on any atom is 0.342 e. The van der Waals surface area contributed by atoms with Gasteiger partial charge in [0.15, 0.2) is 12.4 Å². The Hall–Kier alpha value is -3.93. The van der Waals surface area contributed by atoms with Crippen LogP contribution in [0.3, 0.4) is 0 Å². The monoisotopic (exact) mass is 401 g/mol. The van der Waals surface area contributed by atoms with Crippen LogP contribution in [0.15, 0.2) is 72.8 Å².